The third-order valence-corrected chi connectivity index (χ3v) is 2.17. The van der Waals surface area contributed by atoms with Gasteiger partial charge in [-0.3, -0.25) is 4.79 Å². The zero-order valence-corrected chi connectivity index (χ0v) is 10.3. The summed E-state index contributed by atoms with van der Waals surface area (Å²) in [6.45, 7) is 3.25. The van der Waals surface area contributed by atoms with Gasteiger partial charge in [0, 0.05) is 6.07 Å². The van der Waals surface area contributed by atoms with Gasteiger partial charge in [-0.05, 0) is 18.5 Å². The van der Waals surface area contributed by atoms with Crippen molar-refractivity contribution in [3.8, 4) is 5.88 Å². The molecular formula is C11H16N2O5. The van der Waals surface area contributed by atoms with Gasteiger partial charge in [0.15, 0.2) is 6.61 Å². The predicted molar refractivity (Wildman–Crippen MR) is 61.2 cm³/mol. The summed E-state index contributed by atoms with van der Waals surface area (Å²) in [5.41, 5.74) is 0. The Morgan fingerprint density at radius 3 is 2.83 bits per heavy atom. The quantitative estimate of drug-likeness (QED) is 0.745. The maximum Gasteiger partial charge on any atom is 0.326 e. The number of aryl methyl sites for hydroxylation is 1. The van der Waals surface area contributed by atoms with Gasteiger partial charge in [-0.2, -0.15) is 0 Å². The van der Waals surface area contributed by atoms with E-state index >= 15 is 0 Å². The Morgan fingerprint density at radius 1 is 1.61 bits per heavy atom. The van der Waals surface area contributed by atoms with Crippen LogP contribution in [0.3, 0.4) is 0 Å². The van der Waals surface area contributed by atoms with E-state index in [1.165, 1.54) is 6.07 Å². The van der Waals surface area contributed by atoms with Gasteiger partial charge in [-0.25, -0.2) is 4.79 Å². The summed E-state index contributed by atoms with van der Waals surface area (Å²) in [4.78, 5) is 22.3. The number of carboxylic acids is 1. The molecule has 0 saturated heterocycles. The van der Waals surface area contributed by atoms with Crippen molar-refractivity contribution in [1.82, 2.24) is 10.5 Å². The normalized spacial score (nSPS) is 11.9. The number of nitrogens with zero attached hydrogens (tertiary/aromatic N) is 1. The highest BCUT2D eigenvalue weighted by molar-refractivity contribution is 5.84. The van der Waals surface area contributed by atoms with Gasteiger partial charge in [0.05, 0.1) is 0 Å². The Kier molecular flexibility index (Phi) is 5.16. The minimum atomic E-state index is -1.05. The molecule has 7 heteroatoms. The number of aromatic nitrogens is 1. The maximum atomic E-state index is 11.5. The lowest BCUT2D eigenvalue weighted by Crippen LogP contribution is -2.42. The number of hydrogen-bond acceptors (Lipinski definition) is 5. The number of amides is 1. The fourth-order valence-electron chi connectivity index (χ4n) is 1.33. The van der Waals surface area contributed by atoms with E-state index in [1.54, 1.807) is 6.92 Å². The van der Waals surface area contributed by atoms with Crippen LogP contribution in [0.25, 0.3) is 0 Å². The van der Waals surface area contributed by atoms with Crippen molar-refractivity contribution in [2.45, 2.75) is 32.7 Å². The van der Waals surface area contributed by atoms with Crippen LogP contribution in [0.2, 0.25) is 0 Å². The van der Waals surface area contributed by atoms with E-state index in [1.807, 2.05) is 6.92 Å². The molecule has 0 aromatic carbocycles. The highest BCUT2D eigenvalue weighted by Crippen LogP contribution is 2.09. The summed E-state index contributed by atoms with van der Waals surface area (Å²) in [6.07, 6.45) is 1.05. The van der Waals surface area contributed by atoms with Crippen molar-refractivity contribution in [1.29, 1.82) is 0 Å². The SMILES string of the molecule is CCC[C@@H](NC(=O)COc1cc(C)on1)C(=O)O. The first kappa shape index (κ1) is 14.0. The van der Waals surface area contributed by atoms with E-state index in [0.29, 0.717) is 18.6 Å². The zero-order valence-electron chi connectivity index (χ0n) is 10.3. The lowest BCUT2D eigenvalue weighted by atomic mass is 10.2. The summed E-state index contributed by atoms with van der Waals surface area (Å²) in [7, 11) is 0. The number of carbonyl (C=O) groups is 2. The van der Waals surface area contributed by atoms with Crippen LogP contribution in [0.1, 0.15) is 25.5 Å². The first-order chi connectivity index (χ1) is 8.52. The first-order valence-electron chi connectivity index (χ1n) is 5.61. The van der Waals surface area contributed by atoms with Gasteiger partial charge in [0.2, 0.25) is 0 Å². The van der Waals surface area contributed by atoms with E-state index in [2.05, 4.69) is 10.5 Å². The lowest BCUT2D eigenvalue weighted by Gasteiger charge is -2.13. The molecule has 1 atom stereocenters. The van der Waals surface area contributed by atoms with Gasteiger partial charge in [-0.1, -0.05) is 13.3 Å². The average Bonchev–Trinajstić information content (AvgIpc) is 2.72. The number of aliphatic carboxylic acids is 1. The van der Waals surface area contributed by atoms with Crippen LogP contribution in [0.15, 0.2) is 10.6 Å². The Balaban J connectivity index is 2.38. The van der Waals surface area contributed by atoms with Gasteiger partial charge in [0.1, 0.15) is 11.8 Å². The second kappa shape index (κ2) is 6.63. The van der Waals surface area contributed by atoms with Crippen LogP contribution in [-0.4, -0.2) is 34.8 Å². The maximum absolute atomic E-state index is 11.5. The molecule has 0 saturated carbocycles. The van der Waals surface area contributed by atoms with Crippen molar-refractivity contribution < 1.29 is 24.0 Å². The fraction of sp³-hybridized carbons (Fsp3) is 0.545. The third kappa shape index (κ3) is 4.44. The monoisotopic (exact) mass is 256 g/mol. The highest BCUT2D eigenvalue weighted by atomic mass is 16.5. The van der Waals surface area contributed by atoms with Gasteiger partial charge >= 0.3 is 5.97 Å². The summed E-state index contributed by atoms with van der Waals surface area (Å²) in [5, 5.41) is 14.8. The van der Waals surface area contributed by atoms with Crippen LogP contribution in [-0.2, 0) is 9.59 Å². The molecule has 2 N–H and O–H groups in total. The molecule has 0 spiro atoms. The molecule has 1 aromatic heterocycles. The topological polar surface area (TPSA) is 102 Å². The molecule has 0 aliphatic carbocycles. The van der Waals surface area contributed by atoms with Crippen LogP contribution < -0.4 is 10.1 Å². The van der Waals surface area contributed by atoms with Crippen LogP contribution >= 0.6 is 0 Å². The molecule has 1 amide bonds. The summed E-state index contributed by atoms with van der Waals surface area (Å²) >= 11 is 0. The Labute approximate surface area is 104 Å². The van der Waals surface area contributed by atoms with Gasteiger partial charge < -0.3 is 19.7 Å². The van der Waals surface area contributed by atoms with Crippen molar-refractivity contribution in [2.75, 3.05) is 6.61 Å². The molecule has 0 radical (unpaired) electrons. The Morgan fingerprint density at radius 2 is 2.33 bits per heavy atom. The van der Waals surface area contributed by atoms with Crippen molar-refractivity contribution in [3.05, 3.63) is 11.8 Å². The van der Waals surface area contributed by atoms with Crippen molar-refractivity contribution in [2.24, 2.45) is 0 Å². The summed E-state index contributed by atoms with van der Waals surface area (Å²) in [5.74, 6) is -0.788. The number of ether oxygens (including phenoxy) is 1. The number of hydrogen-bond donors (Lipinski definition) is 2. The molecule has 1 aromatic rings. The number of carbonyl (C=O) groups excluding carboxylic acids is 1. The lowest BCUT2D eigenvalue weighted by molar-refractivity contribution is -0.142. The van der Waals surface area contributed by atoms with Gasteiger partial charge in [-0.15, -0.1) is 0 Å². The van der Waals surface area contributed by atoms with Crippen LogP contribution in [0.5, 0.6) is 5.88 Å². The first-order valence-corrected chi connectivity index (χ1v) is 5.61. The molecule has 7 nitrogen and oxygen atoms in total. The minimum absolute atomic E-state index is 0.199. The van der Waals surface area contributed by atoms with Gasteiger partial charge in [0.25, 0.3) is 11.8 Å². The minimum Gasteiger partial charge on any atom is -0.480 e. The predicted octanol–water partition coefficient (Wildman–Crippen LogP) is 0.731. The van der Waals surface area contributed by atoms with E-state index < -0.39 is 17.9 Å². The van der Waals surface area contributed by atoms with E-state index in [0.717, 1.165) is 0 Å². The second-order valence-corrected chi connectivity index (χ2v) is 3.81. The number of nitrogens with one attached hydrogen (secondary N) is 1. The molecule has 1 rings (SSSR count). The summed E-state index contributed by atoms with van der Waals surface area (Å²) < 4.78 is 9.79. The van der Waals surface area contributed by atoms with Crippen molar-refractivity contribution >= 4 is 11.9 Å². The highest BCUT2D eigenvalue weighted by Gasteiger charge is 2.19. The third-order valence-electron chi connectivity index (χ3n) is 2.17. The molecule has 0 aliphatic heterocycles. The smallest absolute Gasteiger partial charge is 0.326 e. The van der Waals surface area contributed by atoms with E-state index in [-0.39, 0.29) is 12.5 Å². The van der Waals surface area contributed by atoms with E-state index in [9.17, 15) is 9.59 Å². The molecular weight excluding hydrogens is 240 g/mol. The molecule has 0 bridgehead atoms. The second-order valence-electron chi connectivity index (χ2n) is 3.81. The molecule has 100 valence electrons. The van der Waals surface area contributed by atoms with Crippen LogP contribution in [0, 0.1) is 6.92 Å². The summed E-state index contributed by atoms with van der Waals surface area (Å²) in [6, 6.07) is 0.652. The molecule has 0 unspecified atom stereocenters. The van der Waals surface area contributed by atoms with E-state index in [4.69, 9.17) is 14.4 Å². The molecule has 18 heavy (non-hydrogen) atoms. The molecule has 0 fully saturated rings. The van der Waals surface area contributed by atoms with Crippen molar-refractivity contribution in [3.63, 3.8) is 0 Å². The van der Waals surface area contributed by atoms with Crippen LogP contribution in [0.4, 0.5) is 0 Å². The molecule has 1 heterocycles. The largest absolute Gasteiger partial charge is 0.480 e. The fourth-order valence-corrected chi connectivity index (χ4v) is 1.33. The molecule has 0 aliphatic rings. The average molecular weight is 256 g/mol. The zero-order chi connectivity index (χ0) is 13.5. The number of carboxylic acid groups (broad SMARTS) is 1. The number of rotatable bonds is 7. The Hall–Kier alpha value is -2.05. The standard InChI is InChI=1S/C11H16N2O5/c1-3-4-8(11(15)16)12-9(14)6-17-10-5-7(2)18-13-10/h5,8H,3-4,6H2,1-2H3,(H,12,14)(H,15,16)/t8-/m1/s1. The Bertz CT molecular complexity index is 415.